The van der Waals surface area contributed by atoms with E-state index in [9.17, 15) is 4.79 Å². The maximum absolute atomic E-state index is 12.8. The van der Waals surface area contributed by atoms with Crippen molar-refractivity contribution in [2.75, 3.05) is 5.32 Å². The summed E-state index contributed by atoms with van der Waals surface area (Å²) in [6.45, 7) is 4.14. The van der Waals surface area contributed by atoms with Crippen LogP contribution >= 0.6 is 0 Å². The number of amides is 1. The van der Waals surface area contributed by atoms with E-state index in [4.69, 9.17) is 4.98 Å². The maximum Gasteiger partial charge on any atom is 0.256 e. The second-order valence-electron chi connectivity index (χ2n) is 6.61. The Morgan fingerprint density at radius 2 is 2.00 bits per heavy atom. The number of hydrogen-bond donors (Lipinski definition) is 1. The molecule has 24 heavy (non-hydrogen) atoms. The van der Waals surface area contributed by atoms with Gasteiger partial charge in [0, 0.05) is 23.3 Å². The fourth-order valence-corrected chi connectivity index (χ4v) is 2.91. The monoisotopic (exact) mass is 320 g/mol. The van der Waals surface area contributed by atoms with E-state index in [-0.39, 0.29) is 11.9 Å². The van der Waals surface area contributed by atoms with Crippen LogP contribution in [0.25, 0.3) is 11.0 Å². The highest BCUT2D eigenvalue weighted by Crippen LogP contribution is 2.40. The summed E-state index contributed by atoms with van der Waals surface area (Å²) in [5.74, 6) is 0.368. The van der Waals surface area contributed by atoms with Crippen LogP contribution in [0.3, 0.4) is 0 Å². The number of rotatable bonds is 4. The van der Waals surface area contributed by atoms with Crippen molar-refractivity contribution in [1.82, 2.24) is 14.8 Å². The number of carbonyl (C=O) groups is 1. The molecule has 1 aliphatic carbocycles. The van der Waals surface area contributed by atoms with E-state index in [1.54, 1.807) is 6.20 Å². The SMILES string of the molecule is CC(C)n1ncc2c(C(=O)Nc3ccccc3)cc(C3CC3)nc21. The van der Waals surface area contributed by atoms with Gasteiger partial charge in [-0.15, -0.1) is 0 Å². The van der Waals surface area contributed by atoms with E-state index in [1.165, 1.54) is 0 Å². The third-order valence-corrected chi connectivity index (χ3v) is 4.35. The summed E-state index contributed by atoms with van der Waals surface area (Å²) < 4.78 is 1.89. The molecule has 3 aromatic rings. The maximum atomic E-state index is 12.8. The lowest BCUT2D eigenvalue weighted by molar-refractivity contribution is 0.102. The molecule has 122 valence electrons. The Bertz CT molecular complexity index is 894. The fraction of sp³-hybridized carbons (Fsp3) is 0.316. The van der Waals surface area contributed by atoms with Crippen molar-refractivity contribution in [3.8, 4) is 0 Å². The first-order valence-electron chi connectivity index (χ1n) is 8.38. The van der Waals surface area contributed by atoms with E-state index in [0.29, 0.717) is 11.5 Å². The first kappa shape index (κ1) is 14.9. The van der Waals surface area contributed by atoms with Crippen LogP contribution in [0.15, 0.2) is 42.6 Å². The standard InChI is InChI=1S/C19H20N4O/c1-12(2)23-18-16(11-20-23)15(10-17(22-18)13-8-9-13)19(24)21-14-6-4-3-5-7-14/h3-7,10-13H,8-9H2,1-2H3,(H,21,24). The van der Waals surface area contributed by atoms with Gasteiger partial charge in [-0.2, -0.15) is 5.10 Å². The van der Waals surface area contributed by atoms with Gasteiger partial charge >= 0.3 is 0 Å². The number of fused-ring (bicyclic) bond motifs is 1. The molecule has 4 rings (SSSR count). The third kappa shape index (κ3) is 2.66. The van der Waals surface area contributed by atoms with Crippen molar-refractivity contribution in [1.29, 1.82) is 0 Å². The van der Waals surface area contributed by atoms with Gasteiger partial charge in [-0.05, 0) is 44.9 Å². The molecule has 1 aliphatic rings. The predicted molar refractivity (Wildman–Crippen MR) is 94.3 cm³/mol. The Labute approximate surface area is 140 Å². The molecule has 2 heterocycles. The fourth-order valence-electron chi connectivity index (χ4n) is 2.91. The number of benzene rings is 1. The van der Waals surface area contributed by atoms with Crippen molar-refractivity contribution in [2.45, 2.75) is 38.6 Å². The van der Waals surface area contributed by atoms with Crippen LogP contribution < -0.4 is 5.32 Å². The summed E-state index contributed by atoms with van der Waals surface area (Å²) >= 11 is 0. The summed E-state index contributed by atoms with van der Waals surface area (Å²) in [6, 6.07) is 11.7. The molecule has 0 aliphatic heterocycles. The Hall–Kier alpha value is -2.69. The molecule has 0 spiro atoms. The van der Waals surface area contributed by atoms with E-state index < -0.39 is 0 Å². The summed E-state index contributed by atoms with van der Waals surface area (Å²) in [5.41, 5.74) is 3.24. The highest BCUT2D eigenvalue weighted by Gasteiger charge is 2.28. The zero-order valence-electron chi connectivity index (χ0n) is 13.9. The largest absolute Gasteiger partial charge is 0.322 e. The van der Waals surface area contributed by atoms with Gasteiger partial charge in [-0.25, -0.2) is 9.67 Å². The lowest BCUT2D eigenvalue weighted by Crippen LogP contribution is -2.13. The second kappa shape index (κ2) is 5.74. The van der Waals surface area contributed by atoms with Gasteiger partial charge in [0.05, 0.1) is 17.1 Å². The molecule has 0 atom stereocenters. The molecule has 5 nitrogen and oxygen atoms in total. The molecule has 1 amide bonds. The molecule has 0 bridgehead atoms. The van der Waals surface area contributed by atoms with Crippen molar-refractivity contribution >= 4 is 22.6 Å². The van der Waals surface area contributed by atoms with Gasteiger partial charge in [0.1, 0.15) is 0 Å². The lowest BCUT2D eigenvalue weighted by atomic mass is 10.1. The normalized spacial score (nSPS) is 14.3. The Morgan fingerprint density at radius 1 is 1.25 bits per heavy atom. The zero-order valence-corrected chi connectivity index (χ0v) is 13.9. The molecule has 1 N–H and O–H groups in total. The Morgan fingerprint density at radius 3 is 2.67 bits per heavy atom. The van der Waals surface area contributed by atoms with E-state index in [1.807, 2.05) is 41.1 Å². The van der Waals surface area contributed by atoms with Crippen LogP contribution in [0.4, 0.5) is 5.69 Å². The van der Waals surface area contributed by atoms with Crippen LogP contribution in [0, 0.1) is 0 Å². The van der Waals surface area contributed by atoms with Gasteiger partial charge in [-0.3, -0.25) is 4.79 Å². The van der Waals surface area contributed by atoms with Crippen LogP contribution in [-0.2, 0) is 0 Å². The minimum atomic E-state index is -0.112. The smallest absolute Gasteiger partial charge is 0.256 e. The van der Waals surface area contributed by atoms with Gasteiger partial charge < -0.3 is 5.32 Å². The first-order chi connectivity index (χ1) is 11.6. The van der Waals surface area contributed by atoms with E-state index >= 15 is 0 Å². The van der Waals surface area contributed by atoms with Crippen LogP contribution in [-0.4, -0.2) is 20.7 Å². The molecule has 1 fully saturated rings. The van der Waals surface area contributed by atoms with Crippen LogP contribution in [0.1, 0.15) is 54.7 Å². The molecule has 0 radical (unpaired) electrons. The number of nitrogens with zero attached hydrogens (tertiary/aromatic N) is 3. The molecule has 0 saturated heterocycles. The summed E-state index contributed by atoms with van der Waals surface area (Å²) in [7, 11) is 0. The van der Waals surface area contributed by atoms with Crippen LogP contribution in [0.2, 0.25) is 0 Å². The van der Waals surface area contributed by atoms with Crippen molar-refractivity contribution in [3.63, 3.8) is 0 Å². The molecule has 5 heteroatoms. The molecule has 1 saturated carbocycles. The predicted octanol–water partition coefficient (Wildman–Crippen LogP) is 4.14. The Kier molecular flexibility index (Phi) is 3.56. The summed E-state index contributed by atoms with van der Waals surface area (Å²) in [6.07, 6.45) is 4.04. The third-order valence-electron chi connectivity index (χ3n) is 4.35. The van der Waals surface area contributed by atoms with Crippen molar-refractivity contribution < 1.29 is 4.79 Å². The van der Waals surface area contributed by atoms with Gasteiger partial charge in [0.15, 0.2) is 5.65 Å². The number of aromatic nitrogens is 3. The molecule has 1 aromatic carbocycles. The number of nitrogens with one attached hydrogen (secondary N) is 1. The number of hydrogen-bond acceptors (Lipinski definition) is 3. The number of para-hydroxylation sites is 1. The summed E-state index contributed by atoms with van der Waals surface area (Å²) in [4.78, 5) is 17.6. The first-order valence-corrected chi connectivity index (χ1v) is 8.38. The quantitative estimate of drug-likeness (QED) is 0.786. The van der Waals surface area contributed by atoms with E-state index in [0.717, 1.165) is 35.3 Å². The number of pyridine rings is 1. The number of carbonyl (C=O) groups excluding carboxylic acids is 1. The average Bonchev–Trinajstić information content (AvgIpc) is 3.33. The summed E-state index contributed by atoms with van der Waals surface area (Å²) in [5, 5.41) is 8.22. The Balaban J connectivity index is 1.79. The highest BCUT2D eigenvalue weighted by atomic mass is 16.1. The second-order valence-corrected chi connectivity index (χ2v) is 6.61. The minimum Gasteiger partial charge on any atom is -0.322 e. The van der Waals surface area contributed by atoms with E-state index in [2.05, 4.69) is 24.3 Å². The van der Waals surface area contributed by atoms with Gasteiger partial charge in [0.2, 0.25) is 0 Å². The average molecular weight is 320 g/mol. The topological polar surface area (TPSA) is 59.8 Å². The molecular formula is C19H20N4O. The van der Waals surface area contributed by atoms with Crippen molar-refractivity contribution in [2.24, 2.45) is 0 Å². The lowest BCUT2D eigenvalue weighted by Gasteiger charge is -2.10. The van der Waals surface area contributed by atoms with Gasteiger partial charge in [0.25, 0.3) is 5.91 Å². The highest BCUT2D eigenvalue weighted by molar-refractivity contribution is 6.12. The zero-order chi connectivity index (χ0) is 16.7. The molecule has 0 unspecified atom stereocenters. The molecule has 2 aromatic heterocycles. The number of anilines is 1. The van der Waals surface area contributed by atoms with Gasteiger partial charge in [-0.1, -0.05) is 18.2 Å². The molecular weight excluding hydrogens is 300 g/mol. The van der Waals surface area contributed by atoms with Crippen molar-refractivity contribution in [3.05, 3.63) is 53.9 Å². The minimum absolute atomic E-state index is 0.112. The van der Waals surface area contributed by atoms with Crippen LogP contribution in [0.5, 0.6) is 0 Å².